The molecule has 0 atom stereocenters. The maximum absolute atomic E-state index is 5.39. The Labute approximate surface area is 184 Å². The molecule has 1 heterocycles. The first-order valence-corrected chi connectivity index (χ1v) is 11.9. The SMILES string of the molecule is c1ccc(C2=NN(C34CC5CC(CC(C5)C3)C4)CN2c2cccc3ccccc23)cc1. The van der Waals surface area contributed by atoms with E-state index < -0.39 is 0 Å². The van der Waals surface area contributed by atoms with Crippen LogP contribution in [0.3, 0.4) is 0 Å². The van der Waals surface area contributed by atoms with E-state index in [4.69, 9.17) is 5.10 Å². The Bertz CT molecular complexity index is 1120. The monoisotopic (exact) mass is 407 g/mol. The van der Waals surface area contributed by atoms with Crippen molar-refractivity contribution in [1.29, 1.82) is 0 Å². The van der Waals surface area contributed by atoms with Crippen LogP contribution < -0.4 is 4.90 Å². The Morgan fingerprint density at radius 1 is 0.710 bits per heavy atom. The van der Waals surface area contributed by atoms with Crippen molar-refractivity contribution in [2.45, 2.75) is 44.1 Å². The smallest absolute Gasteiger partial charge is 0.162 e. The molecule has 0 radical (unpaired) electrons. The first kappa shape index (κ1) is 17.8. The van der Waals surface area contributed by atoms with Crippen LogP contribution in [0.15, 0.2) is 77.9 Å². The van der Waals surface area contributed by atoms with E-state index in [0.29, 0.717) is 0 Å². The van der Waals surface area contributed by atoms with E-state index in [1.165, 1.54) is 60.5 Å². The van der Waals surface area contributed by atoms with E-state index in [1.54, 1.807) is 0 Å². The normalized spacial score (nSPS) is 31.5. The van der Waals surface area contributed by atoms with Crippen molar-refractivity contribution in [3.63, 3.8) is 0 Å². The van der Waals surface area contributed by atoms with Crippen LogP contribution >= 0.6 is 0 Å². The molecule has 1 aliphatic heterocycles. The fourth-order valence-electron chi connectivity index (χ4n) is 7.47. The summed E-state index contributed by atoms with van der Waals surface area (Å²) in [5, 5.41) is 10.5. The van der Waals surface area contributed by atoms with Crippen molar-refractivity contribution < 1.29 is 0 Å². The molecule has 0 saturated heterocycles. The summed E-state index contributed by atoms with van der Waals surface area (Å²) in [6, 6.07) is 26.2. The van der Waals surface area contributed by atoms with Crippen LogP contribution in [-0.2, 0) is 0 Å². The van der Waals surface area contributed by atoms with Gasteiger partial charge < -0.3 is 4.90 Å². The predicted molar refractivity (Wildman–Crippen MR) is 127 cm³/mol. The lowest BCUT2D eigenvalue weighted by Crippen LogP contribution is -2.58. The lowest BCUT2D eigenvalue weighted by atomic mass is 9.53. The number of rotatable bonds is 3. The molecule has 0 aromatic heterocycles. The summed E-state index contributed by atoms with van der Waals surface area (Å²) in [4.78, 5) is 2.47. The van der Waals surface area contributed by atoms with Gasteiger partial charge in [-0.25, -0.2) is 0 Å². The van der Waals surface area contributed by atoms with E-state index in [1.807, 2.05) is 0 Å². The summed E-state index contributed by atoms with van der Waals surface area (Å²) in [7, 11) is 0. The van der Waals surface area contributed by atoms with Crippen LogP contribution in [0.25, 0.3) is 10.8 Å². The predicted octanol–water partition coefficient (Wildman–Crippen LogP) is 6.25. The van der Waals surface area contributed by atoms with Gasteiger partial charge in [-0.15, -0.1) is 0 Å². The van der Waals surface area contributed by atoms with Crippen molar-refractivity contribution in [2.75, 3.05) is 11.6 Å². The summed E-state index contributed by atoms with van der Waals surface area (Å²) >= 11 is 0. The maximum atomic E-state index is 5.39. The summed E-state index contributed by atoms with van der Waals surface area (Å²) < 4.78 is 0. The van der Waals surface area contributed by atoms with Crippen molar-refractivity contribution in [2.24, 2.45) is 22.9 Å². The van der Waals surface area contributed by atoms with Crippen LogP contribution in [0.1, 0.15) is 44.1 Å². The molecular weight excluding hydrogens is 378 g/mol. The number of benzene rings is 3. The molecule has 31 heavy (non-hydrogen) atoms. The molecule has 0 N–H and O–H groups in total. The second-order valence-corrected chi connectivity index (χ2v) is 10.4. The molecule has 8 rings (SSSR count). The molecule has 5 aliphatic rings. The quantitative estimate of drug-likeness (QED) is 0.511. The highest BCUT2D eigenvalue weighted by Crippen LogP contribution is 2.58. The van der Waals surface area contributed by atoms with Crippen LogP contribution in [0.4, 0.5) is 5.69 Å². The number of nitrogens with zero attached hydrogens (tertiary/aromatic N) is 3. The number of anilines is 1. The number of hydrogen-bond acceptors (Lipinski definition) is 3. The second-order valence-electron chi connectivity index (χ2n) is 10.4. The van der Waals surface area contributed by atoms with Crippen molar-refractivity contribution >= 4 is 22.3 Å². The van der Waals surface area contributed by atoms with Crippen LogP contribution in [-0.4, -0.2) is 23.1 Å². The van der Waals surface area contributed by atoms with Gasteiger partial charge in [0.15, 0.2) is 5.84 Å². The van der Waals surface area contributed by atoms with Crippen LogP contribution in [0.5, 0.6) is 0 Å². The average Bonchev–Trinajstić information content (AvgIpc) is 3.25. The van der Waals surface area contributed by atoms with Crippen molar-refractivity contribution in [3.05, 3.63) is 78.4 Å². The largest absolute Gasteiger partial charge is 0.304 e. The lowest BCUT2D eigenvalue weighted by Gasteiger charge is -2.59. The number of hydrogen-bond donors (Lipinski definition) is 0. The summed E-state index contributed by atoms with van der Waals surface area (Å²) in [6.45, 7) is 0.865. The van der Waals surface area contributed by atoms with E-state index in [2.05, 4.69) is 82.7 Å². The van der Waals surface area contributed by atoms with Gasteiger partial charge in [-0.2, -0.15) is 5.10 Å². The molecule has 3 nitrogen and oxygen atoms in total. The fraction of sp³-hybridized carbons (Fsp3) is 0.393. The van der Waals surface area contributed by atoms with Crippen LogP contribution in [0.2, 0.25) is 0 Å². The van der Waals surface area contributed by atoms with E-state index in [9.17, 15) is 0 Å². The number of amidine groups is 1. The third-order valence-corrected chi connectivity index (χ3v) is 8.39. The highest BCUT2D eigenvalue weighted by molar-refractivity contribution is 6.14. The van der Waals surface area contributed by atoms with Gasteiger partial charge >= 0.3 is 0 Å². The molecule has 4 saturated carbocycles. The van der Waals surface area contributed by atoms with Gasteiger partial charge in [0.25, 0.3) is 0 Å². The zero-order chi connectivity index (χ0) is 20.4. The standard InChI is InChI=1S/C28H29N3/c1-2-8-24(9-3-1)27-29-31(28-16-20-13-21(17-28)15-22(14-20)18-28)19-30(27)26-12-6-10-23-7-4-5-11-25(23)26/h1-12,20-22H,13-19H2. The molecule has 4 aliphatic carbocycles. The molecular formula is C28H29N3. The van der Waals surface area contributed by atoms with Crippen LogP contribution in [0, 0.1) is 17.8 Å². The molecule has 4 fully saturated rings. The molecule has 4 bridgehead atoms. The van der Waals surface area contributed by atoms with Gasteiger partial charge in [0.1, 0.15) is 6.67 Å². The Hall–Kier alpha value is -2.81. The Morgan fingerprint density at radius 3 is 2.10 bits per heavy atom. The topological polar surface area (TPSA) is 18.8 Å². The van der Waals surface area contributed by atoms with Gasteiger partial charge in [-0.05, 0) is 67.7 Å². The minimum Gasteiger partial charge on any atom is -0.304 e. The van der Waals surface area contributed by atoms with E-state index in [-0.39, 0.29) is 5.54 Å². The Balaban J connectivity index is 1.34. The zero-order valence-electron chi connectivity index (χ0n) is 18.0. The molecule has 0 amide bonds. The van der Waals surface area contributed by atoms with Gasteiger partial charge in [0.2, 0.25) is 0 Å². The minimum atomic E-state index is 0.272. The van der Waals surface area contributed by atoms with Gasteiger partial charge in [-0.1, -0.05) is 66.7 Å². The fourth-order valence-corrected chi connectivity index (χ4v) is 7.47. The minimum absolute atomic E-state index is 0.272. The number of hydrazone groups is 1. The summed E-state index contributed by atoms with van der Waals surface area (Å²) in [6.07, 6.45) is 8.43. The third kappa shape index (κ3) is 2.75. The molecule has 3 aromatic rings. The van der Waals surface area contributed by atoms with Gasteiger partial charge in [0, 0.05) is 10.9 Å². The molecule has 0 unspecified atom stereocenters. The van der Waals surface area contributed by atoms with E-state index >= 15 is 0 Å². The Morgan fingerprint density at radius 2 is 1.35 bits per heavy atom. The first-order chi connectivity index (χ1) is 15.3. The second kappa shape index (κ2) is 6.59. The molecule has 3 aromatic carbocycles. The molecule has 156 valence electrons. The van der Waals surface area contributed by atoms with Gasteiger partial charge in [0.05, 0.1) is 11.2 Å². The summed E-state index contributed by atoms with van der Waals surface area (Å²) in [5.74, 6) is 3.88. The zero-order valence-corrected chi connectivity index (χ0v) is 18.0. The number of fused-ring (bicyclic) bond motifs is 1. The highest BCUT2D eigenvalue weighted by atomic mass is 15.6. The molecule has 0 spiro atoms. The van der Waals surface area contributed by atoms with E-state index in [0.717, 1.165) is 30.3 Å². The molecule has 3 heteroatoms. The highest BCUT2D eigenvalue weighted by Gasteiger charge is 2.55. The maximum Gasteiger partial charge on any atom is 0.162 e. The van der Waals surface area contributed by atoms with Crippen molar-refractivity contribution in [3.8, 4) is 0 Å². The summed E-state index contributed by atoms with van der Waals surface area (Å²) in [5.41, 5.74) is 2.75. The van der Waals surface area contributed by atoms with Crippen molar-refractivity contribution in [1.82, 2.24) is 5.01 Å². The first-order valence-electron chi connectivity index (χ1n) is 11.9. The third-order valence-electron chi connectivity index (χ3n) is 8.39. The van der Waals surface area contributed by atoms with Gasteiger partial charge in [-0.3, -0.25) is 5.01 Å². The average molecular weight is 408 g/mol. The lowest BCUT2D eigenvalue weighted by molar-refractivity contribution is -0.0841. The Kier molecular flexibility index (Phi) is 3.79.